The predicted octanol–water partition coefficient (Wildman–Crippen LogP) is 3.95. The molecule has 1 fully saturated rings. The normalized spacial score (nSPS) is 15.5. The molecule has 0 atom stereocenters. The monoisotopic (exact) mass is 425 g/mol. The minimum Gasteiger partial charge on any atom is -0.367 e. The number of amides is 2. The molecule has 0 unspecified atom stereocenters. The number of nitrogens with zero attached hydrogens (tertiary/aromatic N) is 2. The average molecular weight is 427 g/mol. The predicted molar refractivity (Wildman–Crippen MR) is 104 cm³/mol. The second-order valence-electron chi connectivity index (χ2n) is 6.09. The molecule has 1 N–H and O–H groups in total. The van der Waals surface area contributed by atoms with E-state index in [4.69, 9.17) is 46.4 Å². The van der Waals surface area contributed by atoms with E-state index in [0.717, 1.165) is 5.69 Å². The number of rotatable bonds is 3. The van der Waals surface area contributed by atoms with Crippen molar-refractivity contribution in [2.75, 3.05) is 36.4 Å². The number of alkyl halides is 3. The van der Waals surface area contributed by atoms with E-state index < -0.39 is 9.70 Å². The van der Waals surface area contributed by atoms with Gasteiger partial charge < -0.3 is 15.1 Å². The number of anilines is 2. The molecule has 1 saturated heterocycles. The molecule has 0 bridgehead atoms. The van der Waals surface area contributed by atoms with Crippen molar-refractivity contribution < 1.29 is 9.59 Å². The summed E-state index contributed by atoms with van der Waals surface area (Å²) < 4.78 is -2.04. The first-order chi connectivity index (χ1) is 11.6. The zero-order valence-electron chi connectivity index (χ0n) is 13.9. The highest BCUT2D eigenvalue weighted by Crippen LogP contribution is 2.32. The fourth-order valence-corrected chi connectivity index (χ4v) is 3.02. The van der Waals surface area contributed by atoms with Gasteiger partial charge in [-0.1, -0.05) is 60.3 Å². The van der Waals surface area contributed by atoms with Gasteiger partial charge in [-0.15, -0.1) is 0 Å². The molecule has 1 heterocycles. The summed E-state index contributed by atoms with van der Waals surface area (Å²) in [5, 5.41) is 2.97. The summed E-state index contributed by atoms with van der Waals surface area (Å²) in [6.45, 7) is 6.49. The number of carbonyl (C=O) groups is 2. The topological polar surface area (TPSA) is 52.7 Å². The SMILES string of the molecule is CC(C)C(=O)N1CCN(c2ccc(NC(=O)C(Cl)(Cl)Cl)cc2Cl)CC1. The molecule has 0 radical (unpaired) electrons. The smallest absolute Gasteiger partial charge is 0.276 e. The Hall–Kier alpha value is -0.880. The Morgan fingerprint density at radius 1 is 1.12 bits per heavy atom. The molecule has 0 aromatic heterocycles. The zero-order valence-corrected chi connectivity index (χ0v) is 16.9. The minimum atomic E-state index is -2.04. The van der Waals surface area contributed by atoms with Crippen LogP contribution < -0.4 is 10.2 Å². The van der Waals surface area contributed by atoms with Gasteiger partial charge >= 0.3 is 0 Å². The zero-order chi connectivity index (χ0) is 18.8. The average Bonchev–Trinajstić information content (AvgIpc) is 2.53. The maximum Gasteiger partial charge on any atom is 0.276 e. The first kappa shape index (κ1) is 20.4. The fraction of sp³-hybridized carbons (Fsp3) is 0.500. The van der Waals surface area contributed by atoms with E-state index in [1.807, 2.05) is 18.7 Å². The van der Waals surface area contributed by atoms with Crippen LogP contribution in [0.4, 0.5) is 11.4 Å². The summed E-state index contributed by atoms with van der Waals surface area (Å²) in [7, 11) is 0. The lowest BCUT2D eigenvalue weighted by atomic mass is 10.1. The van der Waals surface area contributed by atoms with Gasteiger partial charge in [-0.3, -0.25) is 9.59 Å². The van der Waals surface area contributed by atoms with E-state index in [9.17, 15) is 9.59 Å². The number of hydrogen-bond acceptors (Lipinski definition) is 3. The molecule has 2 amide bonds. The van der Waals surface area contributed by atoms with Gasteiger partial charge in [0.1, 0.15) is 0 Å². The molecule has 1 aromatic rings. The molecule has 0 aliphatic carbocycles. The lowest BCUT2D eigenvalue weighted by molar-refractivity contribution is -0.134. The number of hydrogen-bond donors (Lipinski definition) is 1. The van der Waals surface area contributed by atoms with Crippen LogP contribution in [0.2, 0.25) is 5.02 Å². The van der Waals surface area contributed by atoms with Crippen molar-refractivity contribution in [1.82, 2.24) is 4.90 Å². The maximum atomic E-state index is 12.0. The highest BCUT2D eigenvalue weighted by atomic mass is 35.6. The summed E-state index contributed by atoms with van der Waals surface area (Å²) in [6, 6.07) is 5.11. The first-order valence-electron chi connectivity index (χ1n) is 7.81. The van der Waals surface area contributed by atoms with Gasteiger partial charge in [-0.25, -0.2) is 0 Å². The molecular weight excluding hydrogens is 408 g/mol. The van der Waals surface area contributed by atoms with E-state index in [0.29, 0.717) is 36.9 Å². The third-order valence-electron chi connectivity index (χ3n) is 3.89. The van der Waals surface area contributed by atoms with E-state index in [-0.39, 0.29) is 11.8 Å². The Morgan fingerprint density at radius 2 is 1.72 bits per heavy atom. The summed E-state index contributed by atoms with van der Waals surface area (Å²) >= 11 is 22.9. The maximum absolute atomic E-state index is 12.0. The van der Waals surface area contributed by atoms with Gasteiger partial charge in [0.05, 0.1) is 10.7 Å². The minimum absolute atomic E-state index is 0.00375. The largest absolute Gasteiger partial charge is 0.367 e. The van der Waals surface area contributed by atoms with E-state index >= 15 is 0 Å². The molecular formula is C16H19Cl4N3O2. The van der Waals surface area contributed by atoms with Gasteiger partial charge in [0.25, 0.3) is 9.70 Å². The van der Waals surface area contributed by atoms with Crippen LogP contribution in [0.1, 0.15) is 13.8 Å². The fourth-order valence-electron chi connectivity index (χ4n) is 2.58. The highest BCUT2D eigenvalue weighted by Gasteiger charge is 2.31. The number of carbonyl (C=O) groups excluding carboxylic acids is 2. The molecule has 0 saturated carbocycles. The van der Waals surface area contributed by atoms with Crippen molar-refractivity contribution in [3.8, 4) is 0 Å². The Bertz CT molecular complexity index is 653. The van der Waals surface area contributed by atoms with Gasteiger partial charge in [0.2, 0.25) is 5.91 Å². The number of piperazine rings is 1. The quantitative estimate of drug-likeness (QED) is 0.744. The van der Waals surface area contributed by atoms with E-state index in [2.05, 4.69) is 10.2 Å². The Labute approximate surface area is 167 Å². The van der Waals surface area contributed by atoms with Crippen LogP contribution in [-0.2, 0) is 9.59 Å². The van der Waals surface area contributed by atoms with Gasteiger partial charge in [0.15, 0.2) is 0 Å². The summed E-state index contributed by atoms with van der Waals surface area (Å²) in [6.07, 6.45) is 0. The van der Waals surface area contributed by atoms with E-state index in [1.165, 1.54) is 0 Å². The molecule has 5 nitrogen and oxygen atoms in total. The number of nitrogens with one attached hydrogen (secondary N) is 1. The second kappa shape index (κ2) is 8.21. The summed E-state index contributed by atoms with van der Waals surface area (Å²) in [4.78, 5) is 27.7. The highest BCUT2D eigenvalue weighted by molar-refractivity contribution is 6.76. The van der Waals surface area contributed by atoms with Gasteiger partial charge in [0, 0.05) is 37.8 Å². The first-order valence-corrected chi connectivity index (χ1v) is 9.32. The van der Waals surface area contributed by atoms with Crippen molar-refractivity contribution in [2.24, 2.45) is 5.92 Å². The van der Waals surface area contributed by atoms with Crippen molar-refractivity contribution in [1.29, 1.82) is 0 Å². The molecule has 1 aliphatic heterocycles. The van der Waals surface area contributed by atoms with Crippen LogP contribution in [0.5, 0.6) is 0 Å². The third kappa shape index (κ3) is 5.30. The van der Waals surface area contributed by atoms with Crippen LogP contribution in [0.25, 0.3) is 0 Å². The van der Waals surface area contributed by atoms with Crippen molar-refractivity contribution in [3.63, 3.8) is 0 Å². The van der Waals surface area contributed by atoms with Crippen LogP contribution >= 0.6 is 46.4 Å². The molecule has 1 aromatic carbocycles. The Balaban J connectivity index is 2.02. The van der Waals surface area contributed by atoms with E-state index in [1.54, 1.807) is 18.2 Å². The molecule has 0 spiro atoms. The Morgan fingerprint density at radius 3 is 2.20 bits per heavy atom. The summed E-state index contributed by atoms with van der Waals surface area (Å²) in [5.41, 5.74) is 1.28. The third-order valence-corrected chi connectivity index (χ3v) is 4.71. The van der Waals surface area contributed by atoms with Gasteiger partial charge in [-0.05, 0) is 18.2 Å². The number of halogens is 4. The van der Waals surface area contributed by atoms with Crippen molar-refractivity contribution >= 4 is 69.6 Å². The second-order valence-corrected chi connectivity index (χ2v) is 8.77. The lowest BCUT2D eigenvalue weighted by Gasteiger charge is -2.37. The summed E-state index contributed by atoms with van der Waals surface area (Å²) in [5.74, 6) is -0.589. The van der Waals surface area contributed by atoms with Crippen LogP contribution in [0.15, 0.2) is 18.2 Å². The van der Waals surface area contributed by atoms with Crippen molar-refractivity contribution in [2.45, 2.75) is 17.6 Å². The van der Waals surface area contributed by atoms with Crippen LogP contribution in [-0.4, -0.2) is 46.7 Å². The van der Waals surface area contributed by atoms with Crippen LogP contribution in [0.3, 0.4) is 0 Å². The van der Waals surface area contributed by atoms with Crippen LogP contribution in [0, 0.1) is 5.92 Å². The standard InChI is InChI=1S/C16H19Cl4N3O2/c1-10(2)14(24)23-7-5-22(6-8-23)13-4-3-11(9-12(13)17)21-15(25)16(18,19)20/h3-4,9-10H,5-8H2,1-2H3,(H,21,25). The molecule has 1 aliphatic rings. The molecule has 2 rings (SSSR count). The lowest BCUT2D eigenvalue weighted by Crippen LogP contribution is -2.50. The number of benzene rings is 1. The molecule has 25 heavy (non-hydrogen) atoms. The Kier molecular flexibility index (Phi) is 6.71. The molecule has 9 heteroatoms. The van der Waals surface area contributed by atoms with Gasteiger partial charge in [-0.2, -0.15) is 0 Å². The molecule has 138 valence electrons. The van der Waals surface area contributed by atoms with Crippen molar-refractivity contribution in [3.05, 3.63) is 23.2 Å².